The monoisotopic (exact) mass is 641 g/mol. The Hall–Kier alpha value is -1.85. The van der Waals surface area contributed by atoms with Crippen LogP contribution in [0.4, 0.5) is 13.2 Å². The number of aldehydes is 1. The molecule has 43 heavy (non-hydrogen) atoms. The number of hydroxylamine groups is 1. The fourth-order valence-corrected chi connectivity index (χ4v) is 6.60. The average Bonchev–Trinajstić information content (AvgIpc) is 3.02. The van der Waals surface area contributed by atoms with Gasteiger partial charge in [0.25, 0.3) is 0 Å². The lowest BCUT2D eigenvalue weighted by molar-refractivity contribution is -0.274. The van der Waals surface area contributed by atoms with Gasteiger partial charge in [-0.25, -0.2) is 14.0 Å². The molecular formula is C28H46F3N3O8S. The van der Waals surface area contributed by atoms with E-state index in [1.807, 2.05) is 4.31 Å². The molecule has 11 nitrogen and oxygen atoms in total. The number of methoxy groups -OCH3 is 1. The van der Waals surface area contributed by atoms with E-state index in [1.54, 1.807) is 14.2 Å². The summed E-state index contributed by atoms with van der Waals surface area (Å²) in [5, 5.41) is 7.00. The first-order valence-corrected chi connectivity index (χ1v) is 15.5. The number of nitrogens with zero attached hydrogens (tertiary/aromatic N) is 2. The first-order valence-electron chi connectivity index (χ1n) is 14.4. The van der Waals surface area contributed by atoms with Gasteiger partial charge in [-0.3, -0.25) is 4.84 Å². The Bertz CT molecular complexity index is 920. The second kappa shape index (κ2) is 19.5. The molecule has 0 aliphatic carbocycles. The number of hydrogen-bond donors (Lipinski definition) is 2. The van der Waals surface area contributed by atoms with E-state index in [0.29, 0.717) is 64.2 Å². The van der Waals surface area contributed by atoms with Crippen LogP contribution in [0, 0.1) is 0 Å². The largest absolute Gasteiger partial charge is 0.573 e. The van der Waals surface area contributed by atoms with Crippen molar-refractivity contribution in [3.05, 3.63) is 24.3 Å². The van der Waals surface area contributed by atoms with Gasteiger partial charge >= 0.3 is 6.36 Å². The molecule has 0 saturated carbocycles. The number of ether oxygens (including phenoxy) is 4. The standard InChI is InChI=1S/C21H29F3N2O5S.C6H13NO2.CH4O/c1-29-15-14-25-12-8-20(16-27,9-13-25)32(28)26-10-6-18(7-11-26)30-17-2-4-19(5-3-17)31-21(22,23)24;1-7-9-6-4-2-3-5-8-6;1-2/h2-5,16,18H,6-15H2,1H3;6-7H,2-5H2,1H3;2H,1H3. The zero-order valence-corrected chi connectivity index (χ0v) is 26.0. The number of alkyl halides is 3. The van der Waals surface area contributed by atoms with Crippen molar-refractivity contribution in [3.8, 4) is 11.5 Å². The van der Waals surface area contributed by atoms with Crippen LogP contribution in [0.15, 0.2) is 24.3 Å². The number of aliphatic hydroxyl groups excluding tert-OH is 1. The summed E-state index contributed by atoms with van der Waals surface area (Å²) in [6.45, 7) is 4.73. The van der Waals surface area contributed by atoms with E-state index in [1.165, 1.54) is 37.1 Å². The molecule has 4 rings (SSSR count). The fourth-order valence-electron chi connectivity index (χ4n) is 4.93. The van der Waals surface area contributed by atoms with Crippen LogP contribution < -0.4 is 15.0 Å². The van der Waals surface area contributed by atoms with Gasteiger partial charge in [0.2, 0.25) is 0 Å². The Labute approximate surface area is 254 Å². The van der Waals surface area contributed by atoms with Gasteiger partial charge in [0.1, 0.15) is 39.6 Å². The van der Waals surface area contributed by atoms with Gasteiger partial charge in [0.05, 0.1) is 6.61 Å². The van der Waals surface area contributed by atoms with Crippen LogP contribution in [0.5, 0.6) is 11.5 Å². The fraction of sp³-hybridized carbons (Fsp3) is 0.750. The lowest BCUT2D eigenvalue weighted by atomic mass is 9.97. The summed E-state index contributed by atoms with van der Waals surface area (Å²) in [5.74, 6) is 0.148. The van der Waals surface area contributed by atoms with E-state index in [9.17, 15) is 22.2 Å². The lowest BCUT2D eigenvalue weighted by Crippen LogP contribution is -2.54. The average molecular weight is 642 g/mol. The van der Waals surface area contributed by atoms with E-state index < -0.39 is 22.1 Å². The third kappa shape index (κ3) is 13.0. The highest BCUT2D eigenvalue weighted by atomic mass is 32.2. The summed E-state index contributed by atoms with van der Waals surface area (Å²) in [6, 6.07) is 5.29. The molecule has 0 radical (unpaired) electrons. The number of benzene rings is 1. The van der Waals surface area contributed by atoms with Gasteiger partial charge in [-0.05, 0) is 62.8 Å². The van der Waals surface area contributed by atoms with Crippen molar-refractivity contribution in [2.24, 2.45) is 0 Å². The highest BCUT2D eigenvalue weighted by Gasteiger charge is 2.43. The topological polar surface area (TPSA) is 119 Å². The summed E-state index contributed by atoms with van der Waals surface area (Å²) in [7, 11) is 2.98. The normalized spacial score (nSPS) is 22.3. The SMILES string of the molecule is CNOC1CCCCO1.CO.COCCN1CCC(C=O)(S(=O)N2CCC(Oc3ccc(OC(F)(F)F)cc3)CC2)CC1. The van der Waals surface area contributed by atoms with E-state index in [2.05, 4.69) is 15.1 Å². The zero-order chi connectivity index (χ0) is 31.7. The molecule has 0 spiro atoms. The molecule has 0 aromatic heterocycles. The summed E-state index contributed by atoms with van der Waals surface area (Å²) < 4.78 is 71.1. The van der Waals surface area contributed by atoms with Crippen molar-refractivity contribution < 1.29 is 51.1 Å². The van der Waals surface area contributed by atoms with E-state index in [0.717, 1.165) is 33.0 Å². The number of halogens is 3. The van der Waals surface area contributed by atoms with Gasteiger partial charge < -0.3 is 33.7 Å². The predicted molar refractivity (Wildman–Crippen MR) is 155 cm³/mol. The van der Waals surface area contributed by atoms with E-state index in [4.69, 9.17) is 24.2 Å². The molecule has 248 valence electrons. The number of hydrogen-bond acceptors (Lipinski definition) is 10. The van der Waals surface area contributed by atoms with E-state index >= 15 is 0 Å². The third-order valence-corrected chi connectivity index (χ3v) is 9.29. The molecule has 3 fully saturated rings. The molecule has 3 saturated heterocycles. The minimum absolute atomic E-state index is 0.0104. The molecule has 3 aliphatic heterocycles. The Morgan fingerprint density at radius 1 is 1.07 bits per heavy atom. The maximum atomic E-state index is 13.3. The van der Waals surface area contributed by atoms with Gasteiger partial charge in [0.15, 0.2) is 6.29 Å². The van der Waals surface area contributed by atoms with Gasteiger partial charge in [-0.15, -0.1) is 13.2 Å². The summed E-state index contributed by atoms with van der Waals surface area (Å²) >= 11 is 0. The summed E-state index contributed by atoms with van der Waals surface area (Å²) in [6.07, 6.45) is 1.71. The number of rotatable bonds is 11. The van der Waals surface area contributed by atoms with Gasteiger partial charge in [-0.2, -0.15) is 0 Å². The Morgan fingerprint density at radius 2 is 1.70 bits per heavy atom. The molecule has 2 unspecified atom stereocenters. The molecule has 2 N–H and O–H groups in total. The molecule has 0 amide bonds. The number of carbonyl (C=O) groups is 1. The summed E-state index contributed by atoms with van der Waals surface area (Å²) in [5.41, 5.74) is 2.61. The molecule has 1 aromatic carbocycles. The minimum Gasteiger partial charge on any atom is -0.490 e. The van der Waals surface area contributed by atoms with Crippen LogP contribution in [-0.4, -0.2) is 116 Å². The summed E-state index contributed by atoms with van der Waals surface area (Å²) in [4.78, 5) is 19.2. The number of piperidine rings is 2. The van der Waals surface area contributed by atoms with Crippen LogP contribution in [0.3, 0.4) is 0 Å². The highest BCUT2D eigenvalue weighted by molar-refractivity contribution is 7.84. The van der Waals surface area contributed by atoms with Crippen LogP contribution in [0.1, 0.15) is 44.9 Å². The molecule has 0 bridgehead atoms. The van der Waals surface area contributed by atoms with Crippen molar-refractivity contribution in [2.75, 3.05) is 67.2 Å². The molecular weight excluding hydrogens is 595 g/mol. The molecule has 3 heterocycles. The van der Waals surface area contributed by atoms with Crippen molar-refractivity contribution >= 4 is 17.3 Å². The number of nitrogens with one attached hydrogen (secondary N) is 1. The van der Waals surface area contributed by atoms with Gasteiger partial charge in [0, 0.05) is 67.0 Å². The van der Waals surface area contributed by atoms with Crippen molar-refractivity contribution in [3.63, 3.8) is 0 Å². The van der Waals surface area contributed by atoms with Crippen molar-refractivity contribution in [1.82, 2.24) is 14.7 Å². The lowest BCUT2D eigenvalue weighted by Gasteiger charge is -2.41. The number of likely N-dealkylation sites (tertiary alicyclic amines) is 1. The second-order valence-corrected chi connectivity index (χ2v) is 12.0. The highest BCUT2D eigenvalue weighted by Crippen LogP contribution is 2.31. The Morgan fingerprint density at radius 3 is 2.21 bits per heavy atom. The van der Waals surface area contributed by atoms with Crippen LogP contribution in [-0.2, 0) is 30.1 Å². The van der Waals surface area contributed by atoms with Gasteiger partial charge in [-0.1, -0.05) is 0 Å². The molecule has 1 aromatic rings. The van der Waals surface area contributed by atoms with Crippen molar-refractivity contribution in [1.29, 1.82) is 0 Å². The quantitative estimate of drug-likeness (QED) is 0.276. The minimum atomic E-state index is -4.73. The Kier molecular flexibility index (Phi) is 16.9. The first kappa shape index (κ1) is 37.3. The van der Waals surface area contributed by atoms with Crippen LogP contribution in [0.25, 0.3) is 0 Å². The van der Waals surface area contributed by atoms with Crippen LogP contribution >= 0.6 is 0 Å². The van der Waals surface area contributed by atoms with Crippen molar-refractivity contribution in [2.45, 2.75) is 68.4 Å². The van der Waals surface area contributed by atoms with E-state index in [-0.39, 0.29) is 18.1 Å². The van der Waals surface area contributed by atoms with Crippen LogP contribution in [0.2, 0.25) is 0 Å². The molecule has 15 heteroatoms. The maximum absolute atomic E-state index is 13.3. The second-order valence-electron chi connectivity index (χ2n) is 10.1. The predicted octanol–water partition coefficient (Wildman–Crippen LogP) is 3.04. The maximum Gasteiger partial charge on any atom is 0.573 e. The molecule has 2 atom stereocenters. The molecule has 3 aliphatic rings. The number of aliphatic hydroxyl groups is 1. The first-order chi connectivity index (χ1) is 20.7. The number of carbonyl (C=O) groups excluding carboxylic acids is 1. The zero-order valence-electron chi connectivity index (χ0n) is 25.2. The third-order valence-electron chi connectivity index (χ3n) is 7.26. The smallest absolute Gasteiger partial charge is 0.490 e. The Balaban J connectivity index is 0.000000496.